The number of aryl methyl sites for hydroxylation is 2. The van der Waals surface area contributed by atoms with E-state index in [-0.39, 0.29) is 0 Å². The molecule has 0 heteroatoms. The lowest BCUT2D eigenvalue weighted by molar-refractivity contribution is 0.737. The summed E-state index contributed by atoms with van der Waals surface area (Å²) in [5, 5.41) is 0. The zero-order valence-electron chi connectivity index (χ0n) is 15.1. The molecule has 0 nitrogen and oxygen atoms in total. The number of hydrogen-bond donors (Lipinski definition) is 0. The summed E-state index contributed by atoms with van der Waals surface area (Å²) in [7, 11) is 0. The molecule has 0 radical (unpaired) electrons. The first-order valence-corrected chi connectivity index (χ1v) is 8.87. The zero-order valence-corrected chi connectivity index (χ0v) is 15.1. The minimum Gasteiger partial charge on any atom is -0.0648 e. The summed E-state index contributed by atoms with van der Waals surface area (Å²) in [4.78, 5) is 0. The zero-order chi connectivity index (χ0) is 17.1. The fourth-order valence-electron chi connectivity index (χ4n) is 3.40. The number of hydrogen-bond acceptors (Lipinski definition) is 0. The Morgan fingerprint density at radius 2 is 1.33 bits per heavy atom. The third kappa shape index (κ3) is 3.14. The van der Waals surface area contributed by atoms with E-state index in [1.807, 2.05) is 0 Å². The first-order chi connectivity index (χ1) is 11.6. The highest BCUT2D eigenvalue weighted by molar-refractivity contribution is 5.80. The Hall–Kier alpha value is -2.34. The Morgan fingerprint density at radius 3 is 2.00 bits per heavy atom. The van der Waals surface area contributed by atoms with Gasteiger partial charge in [0.25, 0.3) is 0 Å². The van der Waals surface area contributed by atoms with Crippen LogP contribution in [0, 0.1) is 13.8 Å². The minimum absolute atomic E-state index is 0.525. The van der Waals surface area contributed by atoms with Crippen molar-refractivity contribution in [2.75, 3.05) is 0 Å². The van der Waals surface area contributed by atoms with E-state index in [9.17, 15) is 0 Å². The van der Waals surface area contributed by atoms with E-state index in [0.717, 1.165) is 6.42 Å². The molecule has 3 rings (SSSR count). The standard InChI is InChI=1S/C24H26/c1-5-18(3)24-22(20-15-13-17(2)14-16-20)11-8-12-23(24)21-10-7-6-9-19(21)4/h6-16,18H,5H2,1-4H3. The van der Waals surface area contributed by atoms with Crippen molar-refractivity contribution in [3.05, 3.63) is 83.4 Å². The molecule has 0 aliphatic rings. The molecule has 1 unspecified atom stereocenters. The van der Waals surface area contributed by atoms with Crippen LogP contribution in [-0.4, -0.2) is 0 Å². The molecule has 1 atom stereocenters. The van der Waals surface area contributed by atoms with Gasteiger partial charge in [-0.1, -0.05) is 86.1 Å². The van der Waals surface area contributed by atoms with E-state index in [1.54, 1.807) is 0 Å². The molecule has 0 aliphatic carbocycles. The van der Waals surface area contributed by atoms with Crippen LogP contribution < -0.4 is 0 Å². The van der Waals surface area contributed by atoms with Gasteiger partial charge in [0.05, 0.1) is 0 Å². The van der Waals surface area contributed by atoms with Crippen LogP contribution in [0.4, 0.5) is 0 Å². The van der Waals surface area contributed by atoms with Gasteiger partial charge < -0.3 is 0 Å². The van der Waals surface area contributed by atoms with Crippen LogP contribution in [0.3, 0.4) is 0 Å². The molecule has 0 amide bonds. The maximum atomic E-state index is 2.34. The van der Waals surface area contributed by atoms with Gasteiger partial charge >= 0.3 is 0 Å². The average Bonchev–Trinajstić information content (AvgIpc) is 2.61. The van der Waals surface area contributed by atoms with Gasteiger partial charge in [-0.05, 0) is 59.6 Å². The van der Waals surface area contributed by atoms with E-state index in [1.165, 1.54) is 38.9 Å². The largest absolute Gasteiger partial charge is 0.0648 e. The molecule has 122 valence electrons. The topological polar surface area (TPSA) is 0 Å². The second kappa shape index (κ2) is 7.05. The van der Waals surface area contributed by atoms with Crippen LogP contribution in [0.2, 0.25) is 0 Å². The van der Waals surface area contributed by atoms with Gasteiger partial charge in [-0.25, -0.2) is 0 Å². The van der Waals surface area contributed by atoms with Crippen molar-refractivity contribution in [3.63, 3.8) is 0 Å². The van der Waals surface area contributed by atoms with Crippen molar-refractivity contribution in [1.29, 1.82) is 0 Å². The summed E-state index contributed by atoms with van der Waals surface area (Å²) in [6.07, 6.45) is 1.14. The average molecular weight is 314 g/mol. The molecule has 0 fully saturated rings. The van der Waals surface area contributed by atoms with Crippen LogP contribution in [0.5, 0.6) is 0 Å². The maximum absolute atomic E-state index is 2.34. The van der Waals surface area contributed by atoms with Crippen LogP contribution in [0.1, 0.15) is 42.9 Å². The van der Waals surface area contributed by atoms with Crippen molar-refractivity contribution in [2.45, 2.75) is 40.0 Å². The summed E-state index contributed by atoms with van der Waals surface area (Å²) in [5.41, 5.74) is 9.51. The Morgan fingerprint density at radius 1 is 0.708 bits per heavy atom. The van der Waals surface area contributed by atoms with Crippen molar-refractivity contribution in [2.24, 2.45) is 0 Å². The SMILES string of the molecule is CCC(C)c1c(-c2ccc(C)cc2)cccc1-c1ccccc1C. The van der Waals surface area contributed by atoms with Gasteiger partial charge in [0.1, 0.15) is 0 Å². The van der Waals surface area contributed by atoms with Gasteiger partial charge in [-0.15, -0.1) is 0 Å². The summed E-state index contributed by atoms with van der Waals surface area (Å²) >= 11 is 0. The summed E-state index contributed by atoms with van der Waals surface area (Å²) in [6.45, 7) is 8.96. The Balaban J connectivity index is 2.26. The fraction of sp³-hybridized carbons (Fsp3) is 0.250. The molecule has 0 N–H and O–H groups in total. The molecular weight excluding hydrogens is 288 g/mol. The minimum atomic E-state index is 0.525. The van der Waals surface area contributed by atoms with E-state index >= 15 is 0 Å². The summed E-state index contributed by atoms with van der Waals surface area (Å²) in [6, 6.07) is 24.4. The quantitative estimate of drug-likeness (QED) is 0.479. The molecule has 0 saturated heterocycles. The summed E-state index contributed by atoms with van der Waals surface area (Å²) in [5.74, 6) is 0.525. The third-order valence-electron chi connectivity index (χ3n) is 5.01. The second-order valence-electron chi connectivity index (χ2n) is 6.76. The van der Waals surface area contributed by atoms with E-state index in [0.29, 0.717) is 5.92 Å². The Kier molecular flexibility index (Phi) is 4.85. The van der Waals surface area contributed by atoms with E-state index < -0.39 is 0 Å². The van der Waals surface area contributed by atoms with Gasteiger partial charge in [-0.2, -0.15) is 0 Å². The molecule has 0 spiro atoms. The van der Waals surface area contributed by atoms with Crippen LogP contribution in [-0.2, 0) is 0 Å². The summed E-state index contributed by atoms with van der Waals surface area (Å²) < 4.78 is 0. The van der Waals surface area contributed by atoms with Crippen LogP contribution in [0.15, 0.2) is 66.7 Å². The molecule has 3 aromatic rings. The van der Waals surface area contributed by atoms with Crippen LogP contribution >= 0.6 is 0 Å². The molecular formula is C24H26. The van der Waals surface area contributed by atoms with Crippen molar-refractivity contribution in [1.82, 2.24) is 0 Å². The van der Waals surface area contributed by atoms with E-state index in [2.05, 4.69) is 94.4 Å². The highest BCUT2D eigenvalue weighted by Crippen LogP contribution is 2.39. The van der Waals surface area contributed by atoms with Crippen molar-refractivity contribution < 1.29 is 0 Å². The van der Waals surface area contributed by atoms with Gasteiger partial charge in [0.2, 0.25) is 0 Å². The molecule has 24 heavy (non-hydrogen) atoms. The first-order valence-electron chi connectivity index (χ1n) is 8.87. The van der Waals surface area contributed by atoms with Crippen molar-refractivity contribution >= 4 is 0 Å². The predicted molar refractivity (Wildman–Crippen MR) is 105 cm³/mol. The van der Waals surface area contributed by atoms with Crippen molar-refractivity contribution in [3.8, 4) is 22.3 Å². The third-order valence-corrected chi connectivity index (χ3v) is 5.01. The lowest BCUT2D eigenvalue weighted by Gasteiger charge is -2.21. The maximum Gasteiger partial charge on any atom is -0.0140 e. The Bertz CT molecular complexity index is 825. The molecule has 3 aromatic carbocycles. The molecule has 0 bridgehead atoms. The predicted octanol–water partition coefficient (Wildman–Crippen LogP) is 7.15. The highest BCUT2D eigenvalue weighted by Gasteiger charge is 2.17. The molecule has 0 saturated carbocycles. The smallest absolute Gasteiger partial charge is 0.0140 e. The van der Waals surface area contributed by atoms with Gasteiger partial charge in [-0.3, -0.25) is 0 Å². The molecule has 0 aromatic heterocycles. The molecule has 0 aliphatic heterocycles. The van der Waals surface area contributed by atoms with Crippen LogP contribution in [0.25, 0.3) is 22.3 Å². The fourth-order valence-corrected chi connectivity index (χ4v) is 3.40. The van der Waals surface area contributed by atoms with E-state index in [4.69, 9.17) is 0 Å². The molecule has 0 heterocycles. The number of benzene rings is 3. The lowest BCUT2D eigenvalue weighted by atomic mass is 9.83. The second-order valence-corrected chi connectivity index (χ2v) is 6.76. The lowest BCUT2D eigenvalue weighted by Crippen LogP contribution is -2.00. The normalized spacial score (nSPS) is 12.2. The van der Waals surface area contributed by atoms with Gasteiger partial charge in [0, 0.05) is 0 Å². The van der Waals surface area contributed by atoms with Gasteiger partial charge in [0.15, 0.2) is 0 Å². The monoisotopic (exact) mass is 314 g/mol. The first kappa shape index (κ1) is 16.5. The Labute approximate surface area is 146 Å². The highest BCUT2D eigenvalue weighted by atomic mass is 14.2. The number of rotatable bonds is 4.